The Labute approximate surface area is 131 Å². The number of hydrazone groups is 1. The number of benzene rings is 1. The minimum Gasteiger partial charge on any atom is -0.506 e. The molecule has 104 valence electrons. The summed E-state index contributed by atoms with van der Waals surface area (Å²) in [4.78, 5) is 17.8. The van der Waals surface area contributed by atoms with Gasteiger partial charge >= 0.3 is 0 Å². The molecule has 20 heavy (non-hydrogen) atoms. The number of rotatable bonds is 3. The number of aromatic nitrogens is 2. The molecule has 0 aliphatic heterocycles. The van der Waals surface area contributed by atoms with Crippen LogP contribution in [0.4, 0.5) is 5.95 Å². The number of aromatic hydroxyl groups is 1. The summed E-state index contributed by atoms with van der Waals surface area (Å²) >= 11 is 6.55. The number of H-pyrrole nitrogens is 1. The summed E-state index contributed by atoms with van der Waals surface area (Å²) < 4.78 is 1.35. The van der Waals surface area contributed by atoms with Crippen molar-refractivity contribution >= 4 is 44.0 Å². The Morgan fingerprint density at radius 3 is 2.85 bits per heavy atom. The lowest BCUT2D eigenvalue weighted by Crippen LogP contribution is -2.10. The van der Waals surface area contributed by atoms with Crippen LogP contribution in [0.3, 0.4) is 0 Å². The Morgan fingerprint density at radius 2 is 2.15 bits per heavy atom. The smallest absolute Gasteiger partial charge is 0.252 e. The van der Waals surface area contributed by atoms with E-state index in [0.29, 0.717) is 15.7 Å². The highest BCUT2D eigenvalue weighted by Gasteiger charge is 2.05. The normalized spacial score (nSPS) is 10.9. The van der Waals surface area contributed by atoms with Crippen molar-refractivity contribution in [3.8, 4) is 5.75 Å². The van der Waals surface area contributed by atoms with Crippen LogP contribution in [-0.4, -0.2) is 21.3 Å². The van der Waals surface area contributed by atoms with Crippen molar-refractivity contribution in [3.05, 3.63) is 48.8 Å². The number of nitrogens with one attached hydrogen (secondary N) is 2. The molecule has 2 rings (SSSR count). The van der Waals surface area contributed by atoms with Gasteiger partial charge in [-0.25, -0.2) is 10.4 Å². The summed E-state index contributed by atoms with van der Waals surface area (Å²) in [6.45, 7) is 1.71. The summed E-state index contributed by atoms with van der Waals surface area (Å²) in [5, 5.41) is 13.8. The van der Waals surface area contributed by atoms with Crippen LogP contribution < -0.4 is 11.0 Å². The van der Waals surface area contributed by atoms with Gasteiger partial charge in [0.2, 0.25) is 5.95 Å². The number of aryl methyl sites for hydroxylation is 1. The number of hydrogen-bond donors (Lipinski definition) is 3. The van der Waals surface area contributed by atoms with Crippen molar-refractivity contribution in [1.29, 1.82) is 0 Å². The Hall–Kier alpha value is -1.67. The molecule has 0 fully saturated rings. The molecule has 0 aliphatic carbocycles. The van der Waals surface area contributed by atoms with E-state index in [4.69, 9.17) is 0 Å². The second-order valence-electron chi connectivity index (χ2n) is 3.93. The van der Waals surface area contributed by atoms with Crippen LogP contribution in [0, 0.1) is 6.92 Å². The maximum absolute atomic E-state index is 11.2. The molecular formula is C12H10Br2N4O2. The summed E-state index contributed by atoms with van der Waals surface area (Å²) in [5.41, 5.74) is 3.43. The predicted molar refractivity (Wildman–Crippen MR) is 84.3 cm³/mol. The molecule has 0 atom stereocenters. The first kappa shape index (κ1) is 14.7. The van der Waals surface area contributed by atoms with Crippen molar-refractivity contribution < 1.29 is 5.11 Å². The molecule has 8 heteroatoms. The second-order valence-corrected chi connectivity index (χ2v) is 5.70. The van der Waals surface area contributed by atoms with Gasteiger partial charge in [0, 0.05) is 21.8 Å². The van der Waals surface area contributed by atoms with Crippen molar-refractivity contribution in [3.63, 3.8) is 0 Å². The molecule has 1 aromatic carbocycles. The fourth-order valence-corrected chi connectivity index (χ4v) is 2.74. The first-order valence-corrected chi connectivity index (χ1v) is 7.09. The number of hydrogen-bond acceptors (Lipinski definition) is 5. The molecule has 3 N–H and O–H groups in total. The molecule has 0 saturated carbocycles. The molecule has 0 bridgehead atoms. The number of nitrogens with zero attached hydrogens (tertiary/aromatic N) is 2. The standard InChI is InChI=1S/C12H10Br2N4O2/c1-6-2-10(19)17-12(16-6)18-15-5-7-3-8(13)4-9(14)11(7)20/h2-5,20H,1H3,(H2,16,17,18,19)/b15-5+. The molecule has 6 nitrogen and oxygen atoms in total. The monoisotopic (exact) mass is 400 g/mol. The lowest BCUT2D eigenvalue weighted by atomic mass is 10.2. The largest absolute Gasteiger partial charge is 0.506 e. The Kier molecular flexibility index (Phi) is 4.56. The van der Waals surface area contributed by atoms with Gasteiger partial charge in [-0.05, 0) is 35.0 Å². The zero-order valence-corrected chi connectivity index (χ0v) is 13.5. The topological polar surface area (TPSA) is 90.4 Å². The van der Waals surface area contributed by atoms with Gasteiger partial charge in [-0.2, -0.15) is 5.10 Å². The van der Waals surface area contributed by atoms with Crippen molar-refractivity contribution in [2.45, 2.75) is 6.92 Å². The van der Waals surface area contributed by atoms with Gasteiger partial charge in [0.1, 0.15) is 5.75 Å². The van der Waals surface area contributed by atoms with E-state index in [-0.39, 0.29) is 17.3 Å². The number of anilines is 1. The third-order valence-corrected chi connectivity index (χ3v) is 3.36. The lowest BCUT2D eigenvalue weighted by Gasteiger charge is -2.03. The quantitative estimate of drug-likeness (QED) is 0.544. The second kappa shape index (κ2) is 6.19. The van der Waals surface area contributed by atoms with Crippen molar-refractivity contribution in [2.75, 3.05) is 5.43 Å². The average Bonchev–Trinajstić information content (AvgIpc) is 2.34. The molecule has 0 radical (unpaired) electrons. The van der Waals surface area contributed by atoms with E-state index in [1.807, 2.05) is 0 Å². The Morgan fingerprint density at radius 1 is 1.40 bits per heavy atom. The average molecular weight is 402 g/mol. The summed E-state index contributed by atoms with van der Waals surface area (Å²) in [5.74, 6) is 0.309. The minimum atomic E-state index is -0.261. The third kappa shape index (κ3) is 3.67. The molecule has 0 amide bonds. The molecule has 1 aromatic heterocycles. The van der Waals surface area contributed by atoms with E-state index in [2.05, 4.69) is 52.4 Å². The Balaban J connectivity index is 2.20. The fourth-order valence-electron chi connectivity index (χ4n) is 1.48. The number of phenols is 1. The van der Waals surface area contributed by atoms with Crippen molar-refractivity contribution in [1.82, 2.24) is 9.97 Å². The van der Waals surface area contributed by atoms with Crippen LogP contribution in [0.2, 0.25) is 0 Å². The van der Waals surface area contributed by atoms with Crippen LogP contribution in [0.25, 0.3) is 0 Å². The van der Waals surface area contributed by atoms with Crippen LogP contribution in [0.15, 0.2) is 37.0 Å². The van der Waals surface area contributed by atoms with E-state index in [1.165, 1.54) is 12.3 Å². The van der Waals surface area contributed by atoms with Gasteiger partial charge in [-0.1, -0.05) is 15.9 Å². The molecule has 2 aromatic rings. The molecular weight excluding hydrogens is 392 g/mol. The van der Waals surface area contributed by atoms with Gasteiger partial charge in [-0.15, -0.1) is 0 Å². The molecule has 1 heterocycles. The number of aromatic amines is 1. The van der Waals surface area contributed by atoms with E-state index in [0.717, 1.165) is 4.47 Å². The lowest BCUT2D eigenvalue weighted by molar-refractivity contribution is 0.471. The summed E-state index contributed by atoms with van der Waals surface area (Å²) in [7, 11) is 0. The zero-order chi connectivity index (χ0) is 14.7. The molecule has 0 spiro atoms. The fraction of sp³-hybridized carbons (Fsp3) is 0.0833. The molecule has 0 aliphatic rings. The van der Waals surface area contributed by atoms with E-state index in [1.54, 1.807) is 19.1 Å². The van der Waals surface area contributed by atoms with Gasteiger partial charge in [0.25, 0.3) is 5.56 Å². The SMILES string of the molecule is Cc1cc(=O)[nH]c(N/N=C/c2cc(Br)cc(Br)c2O)n1. The number of halogens is 2. The third-order valence-electron chi connectivity index (χ3n) is 2.30. The van der Waals surface area contributed by atoms with Crippen LogP contribution >= 0.6 is 31.9 Å². The molecule has 0 unspecified atom stereocenters. The minimum absolute atomic E-state index is 0.0736. The highest BCUT2D eigenvalue weighted by molar-refractivity contribution is 9.11. The Bertz CT molecular complexity index is 728. The summed E-state index contributed by atoms with van der Waals surface area (Å²) in [6.07, 6.45) is 1.42. The maximum atomic E-state index is 11.2. The maximum Gasteiger partial charge on any atom is 0.252 e. The van der Waals surface area contributed by atoms with E-state index in [9.17, 15) is 9.90 Å². The summed E-state index contributed by atoms with van der Waals surface area (Å²) in [6, 6.07) is 4.81. The van der Waals surface area contributed by atoms with E-state index >= 15 is 0 Å². The van der Waals surface area contributed by atoms with Gasteiger partial charge in [0.15, 0.2) is 0 Å². The first-order chi connectivity index (χ1) is 9.45. The highest BCUT2D eigenvalue weighted by Crippen LogP contribution is 2.30. The highest BCUT2D eigenvalue weighted by atomic mass is 79.9. The first-order valence-electron chi connectivity index (χ1n) is 5.51. The van der Waals surface area contributed by atoms with E-state index < -0.39 is 0 Å². The number of phenolic OH excluding ortho intramolecular Hbond substituents is 1. The van der Waals surface area contributed by atoms with Crippen molar-refractivity contribution in [2.24, 2.45) is 5.10 Å². The van der Waals surface area contributed by atoms with Crippen LogP contribution in [0.1, 0.15) is 11.3 Å². The van der Waals surface area contributed by atoms with Crippen LogP contribution in [-0.2, 0) is 0 Å². The predicted octanol–water partition coefficient (Wildman–Crippen LogP) is 2.75. The van der Waals surface area contributed by atoms with Gasteiger partial charge < -0.3 is 5.11 Å². The molecule has 0 saturated heterocycles. The zero-order valence-electron chi connectivity index (χ0n) is 10.3. The van der Waals surface area contributed by atoms with Gasteiger partial charge in [0.05, 0.1) is 10.7 Å². The van der Waals surface area contributed by atoms with Gasteiger partial charge in [-0.3, -0.25) is 9.78 Å². The van der Waals surface area contributed by atoms with Crippen LogP contribution in [0.5, 0.6) is 5.75 Å².